The highest BCUT2D eigenvalue weighted by Crippen LogP contribution is 2.47. The van der Waals surface area contributed by atoms with Crippen molar-refractivity contribution < 1.29 is 0 Å². The Balaban J connectivity index is 1.35. The average Bonchev–Trinajstić information content (AvgIpc) is 3.74. The van der Waals surface area contributed by atoms with Crippen LogP contribution in [0.25, 0.3) is 93.2 Å². The van der Waals surface area contributed by atoms with Gasteiger partial charge in [-0.2, -0.15) is 5.26 Å². The van der Waals surface area contributed by atoms with Crippen molar-refractivity contribution in [1.29, 1.82) is 5.26 Å². The van der Waals surface area contributed by atoms with E-state index in [-0.39, 0.29) is 0 Å². The molecule has 0 aliphatic carbocycles. The first kappa shape index (κ1) is 35.7. The van der Waals surface area contributed by atoms with E-state index in [9.17, 15) is 5.26 Å². The van der Waals surface area contributed by atoms with E-state index in [2.05, 4.69) is 187 Å². The fourth-order valence-corrected chi connectivity index (χ4v) is 9.41. The van der Waals surface area contributed by atoms with Crippen LogP contribution >= 0.6 is 0 Å². The lowest BCUT2D eigenvalue weighted by atomic mass is 9.97. The summed E-state index contributed by atoms with van der Waals surface area (Å²) >= 11 is 0. The smallest absolute Gasteiger partial charge is 0.234 e. The standard InChI is InChI=1S/C55H40N4/c1-33-21-34(2)25-41(24-33)39-15-17-47-45-11-7-9-13-49(45)58(52(47)30-39)51-20-19-44(43-28-37(5)23-38(29-43)32-56)55(54(51)57-6)59-50-14-10-8-12-46(50)48-18-16-40(31-53(48)59)42-26-35(3)22-36(4)27-42/h7-31H,1-5H3. The van der Waals surface area contributed by atoms with Crippen molar-refractivity contribution in [2.75, 3.05) is 0 Å². The number of rotatable bonds is 5. The van der Waals surface area contributed by atoms with E-state index >= 15 is 0 Å². The van der Waals surface area contributed by atoms with Crippen LogP contribution < -0.4 is 0 Å². The highest BCUT2D eigenvalue weighted by atomic mass is 15.1. The summed E-state index contributed by atoms with van der Waals surface area (Å²) in [6.45, 7) is 19.7. The summed E-state index contributed by atoms with van der Waals surface area (Å²) < 4.78 is 4.58. The molecular weight excluding hydrogens is 717 g/mol. The normalized spacial score (nSPS) is 11.4. The molecule has 4 heteroatoms. The summed E-state index contributed by atoms with van der Waals surface area (Å²) in [6.07, 6.45) is 0. The zero-order valence-electron chi connectivity index (χ0n) is 33.7. The maximum absolute atomic E-state index is 10.1. The van der Waals surface area contributed by atoms with E-state index in [4.69, 9.17) is 6.57 Å². The van der Waals surface area contributed by atoms with Crippen LogP contribution in [0.2, 0.25) is 0 Å². The predicted octanol–water partition coefficient (Wildman–Crippen LogP) is 14.8. The molecular formula is C55H40N4. The van der Waals surface area contributed by atoms with Crippen LogP contribution in [0.5, 0.6) is 0 Å². The fourth-order valence-electron chi connectivity index (χ4n) is 9.41. The minimum Gasteiger partial charge on any atom is -0.319 e. The molecule has 4 nitrogen and oxygen atoms in total. The maximum Gasteiger partial charge on any atom is 0.234 e. The van der Waals surface area contributed by atoms with Gasteiger partial charge in [0.15, 0.2) is 0 Å². The molecule has 0 saturated carbocycles. The Kier molecular flexibility index (Phi) is 8.34. The quantitative estimate of drug-likeness (QED) is 0.161. The van der Waals surface area contributed by atoms with Gasteiger partial charge in [-0.1, -0.05) is 131 Å². The third kappa shape index (κ3) is 5.89. The SMILES string of the molecule is [C-]#[N+]c1c(-n2c3ccccc3c3ccc(-c4cc(C)cc(C)c4)cc32)ccc(-c2cc(C)cc(C#N)c2)c1-n1c2ccccc2c2ccc(-c3cc(C)cc(C)c3)cc21. The summed E-state index contributed by atoms with van der Waals surface area (Å²) in [4.78, 5) is 4.51. The number of benzene rings is 8. The molecule has 0 N–H and O–H groups in total. The summed E-state index contributed by atoms with van der Waals surface area (Å²) in [7, 11) is 0. The van der Waals surface area contributed by atoms with E-state index < -0.39 is 0 Å². The number of aromatic nitrogens is 2. The highest BCUT2D eigenvalue weighted by molar-refractivity contribution is 6.13. The molecule has 2 aromatic heterocycles. The number of hydrogen-bond donors (Lipinski definition) is 0. The Bertz CT molecular complexity index is 3430. The first-order valence-electron chi connectivity index (χ1n) is 20.0. The Hall–Kier alpha value is -7.66. The Morgan fingerprint density at radius 3 is 1.46 bits per heavy atom. The highest BCUT2D eigenvalue weighted by Gasteiger charge is 2.25. The summed E-state index contributed by atoms with van der Waals surface area (Å²) in [5.74, 6) is 0. The molecule has 8 aromatic carbocycles. The monoisotopic (exact) mass is 756 g/mol. The molecule has 0 amide bonds. The molecule has 0 spiro atoms. The first-order chi connectivity index (χ1) is 28.7. The number of para-hydroxylation sites is 2. The van der Waals surface area contributed by atoms with E-state index in [1.165, 1.54) is 27.8 Å². The van der Waals surface area contributed by atoms with Crippen LogP contribution in [0.3, 0.4) is 0 Å². The second kappa shape index (κ2) is 13.8. The minimum absolute atomic E-state index is 0.529. The fraction of sp³-hybridized carbons (Fsp3) is 0.0909. The van der Waals surface area contributed by atoms with Crippen molar-refractivity contribution in [2.24, 2.45) is 0 Å². The molecule has 0 radical (unpaired) electrons. The van der Waals surface area contributed by atoms with Gasteiger partial charge in [0, 0.05) is 21.5 Å². The van der Waals surface area contributed by atoms with Crippen molar-refractivity contribution in [3.63, 3.8) is 0 Å². The van der Waals surface area contributed by atoms with Crippen molar-refractivity contribution in [1.82, 2.24) is 9.13 Å². The molecule has 10 rings (SSSR count). The number of aryl methyl sites for hydroxylation is 5. The van der Waals surface area contributed by atoms with E-state index in [1.807, 2.05) is 19.1 Å². The van der Waals surface area contributed by atoms with Gasteiger partial charge in [0.05, 0.1) is 51.6 Å². The van der Waals surface area contributed by atoms with Crippen molar-refractivity contribution in [3.05, 3.63) is 196 Å². The van der Waals surface area contributed by atoms with Gasteiger partial charge in [0.25, 0.3) is 0 Å². The largest absolute Gasteiger partial charge is 0.319 e. The summed E-state index contributed by atoms with van der Waals surface area (Å²) in [5.41, 5.74) is 19.0. The zero-order chi connectivity index (χ0) is 40.5. The van der Waals surface area contributed by atoms with Crippen LogP contribution in [0.15, 0.2) is 152 Å². The lowest BCUT2D eigenvalue weighted by Crippen LogP contribution is -2.03. The summed E-state index contributed by atoms with van der Waals surface area (Å²) in [6, 6.07) is 56.4. The second-order valence-electron chi connectivity index (χ2n) is 16.1. The average molecular weight is 757 g/mol. The van der Waals surface area contributed by atoms with Gasteiger partial charge in [-0.15, -0.1) is 0 Å². The van der Waals surface area contributed by atoms with Gasteiger partial charge >= 0.3 is 0 Å². The van der Waals surface area contributed by atoms with Crippen LogP contribution in [0.4, 0.5) is 5.69 Å². The molecule has 10 aromatic rings. The first-order valence-corrected chi connectivity index (χ1v) is 20.0. The molecule has 0 bridgehead atoms. The van der Waals surface area contributed by atoms with Gasteiger partial charge in [0.1, 0.15) is 0 Å². The number of nitrogens with zero attached hydrogens (tertiary/aromatic N) is 4. The van der Waals surface area contributed by atoms with Gasteiger partial charge in [0.2, 0.25) is 5.69 Å². The molecule has 280 valence electrons. The molecule has 2 heterocycles. The number of nitriles is 1. The Morgan fingerprint density at radius 1 is 0.441 bits per heavy atom. The van der Waals surface area contributed by atoms with Gasteiger partial charge in [-0.05, 0) is 116 Å². The number of hydrogen-bond acceptors (Lipinski definition) is 1. The maximum atomic E-state index is 10.1. The zero-order valence-corrected chi connectivity index (χ0v) is 33.7. The molecule has 0 aliphatic heterocycles. The van der Waals surface area contributed by atoms with Gasteiger partial charge < -0.3 is 9.13 Å². The third-order valence-electron chi connectivity index (χ3n) is 11.7. The third-order valence-corrected chi connectivity index (χ3v) is 11.7. The topological polar surface area (TPSA) is 38.0 Å². The van der Waals surface area contributed by atoms with Crippen molar-refractivity contribution in [3.8, 4) is 50.8 Å². The number of fused-ring (bicyclic) bond motifs is 6. The summed E-state index contributed by atoms with van der Waals surface area (Å²) in [5, 5.41) is 14.6. The molecule has 59 heavy (non-hydrogen) atoms. The van der Waals surface area contributed by atoms with E-state index in [0.717, 1.165) is 88.4 Å². The van der Waals surface area contributed by atoms with Gasteiger partial charge in [-0.25, -0.2) is 4.85 Å². The molecule has 0 saturated heterocycles. The lowest BCUT2D eigenvalue weighted by molar-refractivity contribution is 1.14. The Morgan fingerprint density at radius 2 is 0.915 bits per heavy atom. The van der Waals surface area contributed by atoms with Crippen LogP contribution in [-0.2, 0) is 0 Å². The second-order valence-corrected chi connectivity index (χ2v) is 16.1. The molecule has 0 aliphatic rings. The van der Waals surface area contributed by atoms with Crippen molar-refractivity contribution >= 4 is 49.3 Å². The van der Waals surface area contributed by atoms with Crippen LogP contribution in [0.1, 0.15) is 33.4 Å². The molecule has 0 fully saturated rings. The minimum atomic E-state index is 0.529. The van der Waals surface area contributed by atoms with Crippen molar-refractivity contribution in [2.45, 2.75) is 34.6 Å². The molecule has 0 unspecified atom stereocenters. The Labute approximate surface area is 344 Å². The van der Waals surface area contributed by atoms with E-state index in [1.54, 1.807) is 0 Å². The van der Waals surface area contributed by atoms with E-state index in [0.29, 0.717) is 11.3 Å². The molecule has 0 atom stereocenters. The van der Waals surface area contributed by atoms with Crippen LogP contribution in [-0.4, -0.2) is 9.13 Å². The van der Waals surface area contributed by atoms with Gasteiger partial charge in [-0.3, -0.25) is 0 Å². The predicted molar refractivity (Wildman–Crippen MR) is 246 cm³/mol. The lowest BCUT2D eigenvalue weighted by Gasteiger charge is -2.21. The van der Waals surface area contributed by atoms with Crippen LogP contribution in [0, 0.1) is 52.5 Å².